The molecule has 1 N–H and O–H groups in total. The average molecular weight is 167 g/mol. The molecule has 0 atom stereocenters. The quantitative estimate of drug-likeness (QED) is 0.628. The molecule has 0 fully saturated rings. The summed E-state index contributed by atoms with van der Waals surface area (Å²) in [6.45, 7) is 1.84. The van der Waals surface area contributed by atoms with Crippen LogP contribution in [0, 0.1) is 6.92 Å². The van der Waals surface area contributed by atoms with E-state index in [-0.39, 0.29) is 4.87 Å². The molecule has 0 aliphatic heterocycles. The average Bonchev–Trinajstić information content (AvgIpc) is 2.27. The first-order chi connectivity index (χ1) is 5.25. The van der Waals surface area contributed by atoms with E-state index in [2.05, 4.69) is 15.2 Å². The second-order valence-corrected chi connectivity index (χ2v) is 3.18. The highest BCUT2D eigenvalue weighted by Crippen LogP contribution is 2.09. The first-order valence-electron chi connectivity index (χ1n) is 3.09. The van der Waals surface area contributed by atoms with Crippen molar-refractivity contribution >= 4 is 21.7 Å². The summed E-state index contributed by atoms with van der Waals surface area (Å²) in [5, 5.41) is 7.66. The second kappa shape index (κ2) is 2.13. The SMILES string of the molecule is Cc1cc2[nH]c(=O)sc2nn1. The van der Waals surface area contributed by atoms with E-state index in [9.17, 15) is 4.79 Å². The molecule has 0 amide bonds. The number of fused-ring (bicyclic) bond motifs is 1. The van der Waals surface area contributed by atoms with E-state index in [1.807, 2.05) is 6.92 Å². The molecule has 0 saturated heterocycles. The maximum Gasteiger partial charge on any atom is 0.307 e. The predicted molar refractivity (Wildman–Crippen MR) is 42.8 cm³/mol. The molecule has 0 aliphatic carbocycles. The standard InChI is InChI=1S/C6H5N3OS/c1-3-2-4-5(9-8-3)11-6(10)7-4/h2H,1H3,(H,7,10). The molecule has 11 heavy (non-hydrogen) atoms. The van der Waals surface area contributed by atoms with Crippen molar-refractivity contribution in [3.8, 4) is 0 Å². The van der Waals surface area contributed by atoms with Crippen LogP contribution < -0.4 is 4.87 Å². The van der Waals surface area contributed by atoms with Crippen LogP contribution >= 0.6 is 11.3 Å². The highest BCUT2D eigenvalue weighted by molar-refractivity contribution is 7.15. The normalized spacial score (nSPS) is 10.6. The van der Waals surface area contributed by atoms with Crippen molar-refractivity contribution in [1.82, 2.24) is 15.2 Å². The van der Waals surface area contributed by atoms with Gasteiger partial charge >= 0.3 is 4.87 Å². The van der Waals surface area contributed by atoms with Gasteiger partial charge in [-0.3, -0.25) is 4.79 Å². The lowest BCUT2D eigenvalue weighted by Crippen LogP contribution is -1.90. The summed E-state index contributed by atoms with van der Waals surface area (Å²) in [5.41, 5.74) is 1.58. The first-order valence-corrected chi connectivity index (χ1v) is 3.90. The van der Waals surface area contributed by atoms with Crippen molar-refractivity contribution in [1.29, 1.82) is 0 Å². The Balaban J connectivity index is 2.92. The van der Waals surface area contributed by atoms with E-state index in [1.165, 1.54) is 0 Å². The molecule has 2 aromatic rings. The van der Waals surface area contributed by atoms with Gasteiger partial charge in [-0.1, -0.05) is 11.3 Å². The fraction of sp³-hybridized carbons (Fsp3) is 0.167. The van der Waals surface area contributed by atoms with Crippen molar-refractivity contribution < 1.29 is 0 Å². The summed E-state index contributed by atoms with van der Waals surface area (Å²) < 4.78 is 0. The second-order valence-electron chi connectivity index (χ2n) is 2.22. The zero-order chi connectivity index (χ0) is 7.84. The minimum absolute atomic E-state index is 0.0834. The van der Waals surface area contributed by atoms with Gasteiger partial charge in [0.05, 0.1) is 11.2 Å². The van der Waals surface area contributed by atoms with Crippen LogP contribution in [0.3, 0.4) is 0 Å². The van der Waals surface area contributed by atoms with E-state index in [1.54, 1.807) is 6.07 Å². The number of hydrogen-bond donors (Lipinski definition) is 1. The van der Waals surface area contributed by atoms with Crippen LogP contribution in [-0.4, -0.2) is 15.2 Å². The summed E-state index contributed by atoms with van der Waals surface area (Å²) in [6, 6.07) is 1.81. The Hall–Kier alpha value is -1.23. The van der Waals surface area contributed by atoms with Gasteiger partial charge in [0, 0.05) is 0 Å². The minimum atomic E-state index is -0.0834. The predicted octanol–water partition coefficient (Wildman–Crippen LogP) is 0.688. The molecule has 0 radical (unpaired) electrons. The summed E-state index contributed by atoms with van der Waals surface area (Å²) in [5.74, 6) is 0. The Labute approximate surface area is 65.9 Å². The number of H-pyrrole nitrogens is 1. The van der Waals surface area contributed by atoms with Gasteiger partial charge in [-0.05, 0) is 13.0 Å². The molecule has 2 rings (SSSR count). The van der Waals surface area contributed by atoms with Gasteiger partial charge in [0.1, 0.15) is 0 Å². The van der Waals surface area contributed by atoms with E-state index in [0.717, 1.165) is 22.5 Å². The van der Waals surface area contributed by atoms with Crippen LogP contribution in [0.1, 0.15) is 5.69 Å². The molecule has 5 heteroatoms. The lowest BCUT2D eigenvalue weighted by molar-refractivity contribution is 1.02. The van der Waals surface area contributed by atoms with Crippen molar-refractivity contribution in [2.75, 3.05) is 0 Å². The molecule has 0 unspecified atom stereocenters. The van der Waals surface area contributed by atoms with Gasteiger partial charge in [-0.15, -0.1) is 5.10 Å². The zero-order valence-electron chi connectivity index (χ0n) is 5.79. The lowest BCUT2D eigenvalue weighted by Gasteiger charge is -1.86. The Kier molecular flexibility index (Phi) is 1.25. The third-order valence-electron chi connectivity index (χ3n) is 1.31. The molecule has 2 heterocycles. The fourth-order valence-electron chi connectivity index (χ4n) is 0.866. The van der Waals surface area contributed by atoms with Gasteiger partial charge < -0.3 is 4.98 Å². The van der Waals surface area contributed by atoms with Crippen LogP contribution in [0.4, 0.5) is 0 Å². The smallest absolute Gasteiger partial charge is 0.307 e. The first kappa shape index (κ1) is 6.48. The van der Waals surface area contributed by atoms with Crippen molar-refractivity contribution in [2.24, 2.45) is 0 Å². The third kappa shape index (κ3) is 1.03. The molecule has 4 nitrogen and oxygen atoms in total. The number of aryl methyl sites for hydroxylation is 1. The lowest BCUT2D eigenvalue weighted by atomic mass is 10.4. The Bertz CT molecular complexity index is 444. The van der Waals surface area contributed by atoms with Gasteiger partial charge in [0.25, 0.3) is 0 Å². The number of nitrogens with one attached hydrogen (secondary N) is 1. The largest absolute Gasteiger partial charge is 0.311 e. The molecule has 0 aliphatic rings. The van der Waals surface area contributed by atoms with Crippen molar-refractivity contribution in [2.45, 2.75) is 6.92 Å². The van der Waals surface area contributed by atoms with Gasteiger partial charge in [-0.25, -0.2) is 0 Å². The maximum absolute atomic E-state index is 10.8. The Morgan fingerprint density at radius 3 is 3.18 bits per heavy atom. The van der Waals surface area contributed by atoms with Gasteiger partial charge in [-0.2, -0.15) is 5.10 Å². The van der Waals surface area contributed by atoms with E-state index >= 15 is 0 Å². The number of thiazole rings is 1. The molecular formula is C6H5N3OS. The zero-order valence-corrected chi connectivity index (χ0v) is 6.60. The molecular weight excluding hydrogens is 162 g/mol. The summed E-state index contributed by atoms with van der Waals surface area (Å²) >= 11 is 1.08. The van der Waals surface area contributed by atoms with Crippen LogP contribution in [-0.2, 0) is 0 Å². The molecule has 0 saturated carbocycles. The van der Waals surface area contributed by atoms with E-state index < -0.39 is 0 Å². The molecule has 0 aromatic carbocycles. The molecule has 0 spiro atoms. The number of rotatable bonds is 0. The summed E-state index contributed by atoms with van der Waals surface area (Å²) in [7, 11) is 0. The Morgan fingerprint density at radius 1 is 1.55 bits per heavy atom. The van der Waals surface area contributed by atoms with Crippen LogP contribution in [0.15, 0.2) is 10.9 Å². The molecule has 2 aromatic heterocycles. The Morgan fingerprint density at radius 2 is 2.36 bits per heavy atom. The monoisotopic (exact) mass is 167 g/mol. The fourth-order valence-corrected chi connectivity index (χ4v) is 1.50. The number of aromatic amines is 1. The highest BCUT2D eigenvalue weighted by Gasteiger charge is 1.99. The maximum atomic E-state index is 10.8. The van der Waals surface area contributed by atoms with Crippen LogP contribution in [0.25, 0.3) is 10.3 Å². The van der Waals surface area contributed by atoms with Crippen LogP contribution in [0.5, 0.6) is 0 Å². The number of aromatic nitrogens is 3. The molecule has 0 bridgehead atoms. The summed E-state index contributed by atoms with van der Waals surface area (Å²) in [4.78, 5) is 14.0. The van der Waals surface area contributed by atoms with Crippen molar-refractivity contribution in [3.05, 3.63) is 21.4 Å². The van der Waals surface area contributed by atoms with Gasteiger partial charge in [0.2, 0.25) is 0 Å². The van der Waals surface area contributed by atoms with Crippen LogP contribution in [0.2, 0.25) is 0 Å². The summed E-state index contributed by atoms with van der Waals surface area (Å²) in [6.07, 6.45) is 0. The topological polar surface area (TPSA) is 58.6 Å². The van der Waals surface area contributed by atoms with Gasteiger partial charge in [0.15, 0.2) is 4.83 Å². The minimum Gasteiger partial charge on any atom is -0.311 e. The highest BCUT2D eigenvalue weighted by atomic mass is 32.1. The third-order valence-corrected chi connectivity index (χ3v) is 2.09. The van der Waals surface area contributed by atoms with E-state index in [4.69, 9.17) is 0 Å². The van der Waals surface area contributed by atoms with E-state index in [0.29, 0.717) is 4.83 Å². The van der Waals surface area contributed by atoms with Crippen molar-refractivity contribution in [3.63, 3.8) is 0 Å². The molecule has 56 valence electrons. The number of nitrogens with zero attached hydrogens (tertiary/aromatic N) is 2. The number of hydrogen-bond acceptors (Lipinski definition) is 4.